The minimum Gasteiger partial charge on any atom is -0.353 e. The lowest BCUT2D eigenvalue weighted by molar-refractivity contribution is -0.158. The van der Waals surface area contributed by atoms with Crippen molar-refractivity contribution in [3.05, 3.63) is 17.3 Å². The van der Waals surface area contributed by atoms with Crippen LogP contribution in [0.25, 0.3) is 10.2 Å². The van der Waals surface area contributed by atoms with Crippen LogP contribution < -0.4 is 0 Å². The molecule has 1 aliphatic heterocycles. The molecule has 2 aromatic rings. The monoisotopic (exact) mass is 310 g/mol. The fourth-order valence-electron chi connectivity index (χ4n) is 2.23. The van der Waals surface area contributed by atoms with Gasteiger partial charge in [0, 0.05) is 22.6 Å². The topological polar surface area (TPSA) is 44.2 Å². The van der Waals surface area contributed by atoms with Gasteiger partial charge in [0.1, 0.15) is 16.2 Å². The lowest BCUT2D eigenvalue weighted by Gasteiger charge is -2.22. The van der Waals surface area contributed by atoms with Crippen LogP contribution in [-0.4, -0.2) is 35.2 Å². The number of hydrogen-bond acceptors (Lipinski definition) is 6. The molecule has 1 fully saturated rings. The Kier molecular flexibility index (Phi) is 4.88. The summed E-state index contributed by atoms with van der Waals surface area (Å²) in [6.45, 7) is 3.63. The van der Waals surface area contributed by atoms with Gasteiger partial charge in [-0.05, 0) is 32.3 Å². The second kappa shape index (κ2) is 6.85. The van der Waals surface area contributed by atoms with E-state index in [-0.39, 0.29) is 6.29 Å². The van der Waals surface area contributed by atoms with Gasteiger partial charge in [0.2, 0.25) is 0 Å². The summed E-state index contributed by atoms with van der Waals surface area (Å²) in [5.41, 5.74) is 0. The standard InChI is InChI=1S/C14H18N2O2S2/c1-10-8-11-13(15-9-16-14(11)20-10)19-7-6-18-12-4-2-3-5-17-12/h8-9,12H,2-7H2,1H3/t12-/m1/s1. The van der Waals surface area contributed by atoms with Crippen LogP contribution in [0.4, 0.5) is 0 Å². The number of hydrogen-bond donors (Lipinski definition) is 0. The van der Waals surface area contributed by atoms with E-state index in [0.29, 0.717) is 6.61 Å². The maximum atomic E-state index is 5.74. The summed E-state index contributed by atoms with van der Waals surface area (Å²) in [5, 5.41) is 2.21. The van der Waals surface area contributed by atoms with Gasteiger partial charge in [0.05, 0.1) is 6.61 Å². The first kappa shape index (κ1) is 14.3. The van der Waals surface area contributed by atoms with Crippen LogP contribution in [-0.2, 0) is 9.47 Å². The molecule has 108 valence electrons. The summed E-state index contributed by atoms with van der Waals surface area (Å²) in [6, 6.07) is 2.16. The van der Waals surface area contributed by atoms with Crippen LogP contribution >= 0.6 is 23.1 Å². The van der Waals surface area contributed by atoms with Crippen molar-refractivity contribution in [3.63, 3.8) is 0 Å². The fourth-order valence-corrected chi connectivity index (χ4v) is 3.95. The number of fused-ring (bicyclic) bond motifs is 1. The van der Waals surface area contributed by atoms with Crippen molar-refractivity contribution in [1.82, 2.24) is 9.97 Å². The molecule has 0 aliphatic carbocycles. The van der Waals surface area contributed by atoms with Crippen molar-refractivity contribution >= 4 is 33.3 Å². The van der Waals surface area contributed by atoms with E-state index in [4.69, 9.17) is 9.47 Å². The SMILES string of the molecule is Cc1cc2c(SCCO[C@@H]3CCCCO3)ncnc2s1. The maximum absolute atomic E-state index is 5.74. The molecular formula is C14H18N2O2S2. The van der Waals surface area contributed by atoms with Gasteiger partial charge in [-0.1, -0.05) is 0 Å². The largest absolute Gasteiger partial charge is 0.353 e. The van der Waals surface area contributed by atoms with Crippen LogP contribution in [0.3, 0.4) is 0 Å². The molecule has 0 spiro atoms. The molecule has 0 bridgehead atoms. The molecule has 2 aromatic heterocycles. The number of aryl methyl sites for hydroxylation is 1. The highest BCUT2D eigenvalue weighted by atomic mass is 32.2. The average molecular weight is 310 g/mol. The zero-order valence-electron chi connectivity index (χ0n) is 11.5. The highest BCUT2D eigenvalue weighted by Gasteiger charge is 2.14. The van der Waals surface area contributed by atoms with E-state index in [9.17, 15) is 0 Å². The Hall–Kier alpha value is -0.690. The first-order chi connectivity index (χ1) is 9.83. The molecule has 20 heavy (non-hydrogen) atoms. The second-order valence-corrected chi connectivity index (χ2v) is 7.09. The molecule has 0 saturated carbocycles. The van der Waals surface area contributed by atoms with Crippen molar-refractivity contribution in [3.8, 4) is 0 Å². The quantitative estimate of drug-likeness (QED) is 0.479. The molecule has 0 unspecified atom stereocenters. The van der Waals surface area contributed by atoms with E-state index in [1.54, 1.807) is 29.4 Å². The molecule has 1 atom stereocenters. The minimum atomic E-state index is -0.00170. The van der Waals surface area contributed by atoms with Crippen LogP contribution in [0.1, 0.15) is 24.1 Å². The minimum absolute atomic E-state index is 0.00170. The van der Waals surface area contributed by atoms with E-state index in [1.165, 1.54) is 11.3 Å². The third-order valence-electron chi connectivity index (χ3n) is 3.18. The summed E-state index contributed by atoms with van der Waals surface area (Å²) in [4.78, 5) is 11.0. The number of thiophene rings is 1. The Morgan fingerprint density at radius 2 is 2.40 bits per heavy atom. The predicted molar refractivity (Wildman–Crippen MR) is 82.4 cm³/mol. The van der Waals surface area contributed by atoms with Gasteiger partial charge in [0.25, 0.3) is 0 Å². The average Bonchev–Trinajstić information content (AvgIpc) is 2.86. The predicted octanol–water partition coefficient (Wildman–Crippen LogP) is 3.64. The molecular weight excluding hydrogens is 292 g/mol. The Bertz CT molecular complexity index is 567. The maximum Gasteiger partial charge on any atom is 0.157 e. The summed E-state index contributed by atoms with van der Waals surface area (Å²) < 4.78 is 11.3. The molecule has 3 rings (SSSR count). The van der Waals surface area contributed by atoms with Gasteiger partial charge in [-0.2, -0.15) is 0 Å². The Balaban J connectivity index is 1.52. The van der Waals surface area contributed by atoms with Gasteiger partial charge in [-0.25, -0.2) is 9.97 Å². The number of nitrogens with zero attached hydrogens (tertiary/aromatic N) is 2. The zero-order chi connectivity index (χ0) is 13.8. The molecule has 1 saturated heterocycles. The van der Waals surface area contributed by atoms with E-state index < -0.39 is 0 Å². The lowest BCUT2D eigenvalue weighted by Crippen LogP contribution is -2.23. The summed E-state index contributed by atoms with van der Waals surface area (Å²) in [7, 11) is 0. The van der Waals surface area contributed by atoms with Gasteiger partial charge in [-0.3, -0.25) is 0 Å². The molecule has 1 aliphatic rings. The van der Waals surface area contributed by atoms with E-state index >= 15 is 0 Å². The van der Waals surface area contributed by atoms with E-state index in [1.807, 2.05) is 0 Å². The Morgan fingerprint density at radius 3 is 3.25 bits per heavy atom. The molecule has 6 heteroatoms. The van der Waals surface area contributed by atoms with Gasteiger partial charge in [-0.15, -0.1) is 23.1 Å². The smallest absolute Gasteiger partial charge is 0.157 e. The molecule has 4 nitrogen and oxygen atoms in total. The van der Waals surface area contributed by atoms with Crippen LogP contribution in [0.2, 0.25) is 0 Å². The number of rotatable bonds is 5. The summed E-state index contributed by atoms with van der Waals surface area (Å²) in [5.74, 6) is 0.890. The number of thioether (sulfide) groups is 1. The van der Waals surface area contributed by atoms with Crippen molar-refractivity contribution in [1.29, 1.82) is 0 Å². The Morgan fingerprint density at radius 1 is 1.45 bits per heavy atom. The highest BCUT2D eigenvalue weighted by molar-refractivity contribution is 7.99. The van der Waals surface area contributed by atoms with Gasteiger partial charge < -0.3 is 9.47 Å². The lowest BCUT2D eigenvalue weighted by atomic mass is 10.2. The summed E-state index contributed by atoms with van der Waals surface area (Å²) in [6.07, 6.45) is 5.03. The normalized spacial score (nSPS) is 19.6. The third-order valence-corrected chi connectivity index (χ3v) is 5.11. The van der Waals surface area contributed by atoms with Gasteiger partial charge in [0.15, 0.2) is 6.29 Å². The highest BCUT2D eigenvalue weighted by Crippen LogP contribution is 2.30. The molecule has 0 radical (unpaired) electrons. The molecule has 0 amide bonds. The summed E-state index contributed by atoms with van der Waals surface area (Å²) >= 11 is 3.44. The van der Waals surface area contributed by atoms with E-state index in [0.717, 1.165) is 40.4 Å². The molecule has 0 aromatic carbocycles. The molecule has 0 N–H and O–H groups in total. The van der Waals surface area contributed by atoms with Crippen molar-refractivity contribution in [2.24, 2.45) is 0 Å². The van der Waals surface area contributed by atoms with Crippen LogP contribution in [0.15, 0.2) is 17.4 Å². The molecule has 3 heterocycles. The van der Waals surface area contributed by atoms with Crippen LogP contribution in [0, 0.1) is 6.92 Å². The second-order valence-electron chi connectivity index (χ2n) is 4.77. The first-order valence-electron chi connectivity index (χ1n) is 6.90. The number of ether oxygens (including phenoxy) is 2. The van der Waals surface area contributed by atoms with Crippen molar-refractivity contribution in [2.75, 3.05) is 19.0 Å². The van der Waals surface area contributed by atoms with E-state index in [2.05, 4.69) is 23.0 Å². The Labute approximate surface area is 126 Å². The van der Waals surface area contributed by atoms with Crippen LogP contribution in [0.5, 0.6) is 0 Å². The van der Waals surface area contributed by atoms with Gasteiger partial charge >= 0.3 is 0 Å². The zero-order valence-corrected chi connectivity index (χ0v) is 13.1. The van der Waals surface area contributed by atoms with Crippen molar-refractivity contribution < 1.29 is 9.47 Å². The third kappa shape index (κ3) is 3.49. The number of aromatic nitrogens is 2. The fraction of sp³-hybridized carbons (Fsp3) is 0.571. The van der Waals surface area contributed by atoms with Crippen molar-refractivity contribution in [2.45, 2.75) is 37.5 Å². The first-order valence-corrected chi connectivity index (χ1v) is 8.70.